The zero-order valence-electron chi connectivity index (χ0n) is 9.02. The molecule has 0 aliphatic rings. The summed E-state index contributed by atoms with van der Waals surface area (Å²) in [7, 11) is 0. The highest BCUT2D eigenvalue weighted by molar-refractivity contribution is 7.16. The Hall–Kier alpha value is -1.99. The lowest BCUT2D eigenvalue weighted by molar-refractivity contribution is -0.380. The van der Waals surface area contributed by atoms with Gasteiger partial charge < -0.3 is 0 Å². The number of nitro groups is 1. The zero-order chi connectivity index (χ0) is 12.1. The van der Waals surface area contributed by atoms with Crippen molar-refractivity contribution in [3.63, 3.8) is 0 Å². The van der Waals surface area contributed by atoms with Crippen LogP contribution < -0.4 is 5.43 Å². The largest absolute Gasteiger partial charge is 0.324 e. The van der Waals surface area contributed by atoms with E-state index < -0.39 is 4.92 Å². The van der Waals surface area contributed by atoms with Gasteiger partial charge in [0.15, 0.2) is 0 Å². The molecule has 2 aromatic heterocycles. The Balaban J connectivity index is 0.00000162. The van der Waals surface area contributed by atoms with Gasteiger partial charge in [0, 0.05) is 12.3 Å². The van der Waals surface area contributed by atoms with Crippen LogP contribution in [0, 0.1) is 10.1 Å². The van der Waals surface area contributed by atoms with Gasteiger partial charge in [-0.3, -0.25) is 15.5 Å². The van der Waals surface area contributed by atoms with Crippen molar-refractivity contribution in [3.8, 4) is 0 Å². The molecule has 0 fully saturated rings. The van der Waals surface area contributed by atoms with Crippen LogP contribution in [0.3, 0.4) is 0 Å². The minimum absolute atomic E-state index is 0. The maximum atomic E-state index is 10.5. The van der Waals surface area contributed by atoms with Crippen LogP contribution >= 0.6 is 23.7 Å². The molecule has 1 N–H and O–H groups in total. The van der Waals surface area contributed by atoms with Crippen LogP contribution in [0.15, 0.2) is 41.6 Å². The number of hydrogen-bond acceptors (Lipinski definition) is 6. The summed E-state index contributed by atoms with van der Waals surface area (Å²) in [5, 5.41) is 14.5. The highest BCUT2D eigenvalue weighted by Gasteiger charge is 2.07. The van der Waals surface area contributed by atoms with E-state index in [0.29, 0.717) is 10.7 Å². The maximum absolute atomic E-state index is 10.5. The van der Waals surface area contributed by atoms with Crippen molar-refractivity contribution in [3.05, 3.63) is 51.5 Å². The number of hydrazone groups is 1. The monoisotopic (exact) mass is 284 g/mol. The van der Waals surface area contributed by atoms with Gasteiger partial charge in [0.1, 0.15) is 5.82 Å². The summed E-state index contributed by atoms with van der Waals surface area (Å²) in [6.07, 6.45) is 3.17. The summed E-state index contributed by atoms with van der Waals surface area (Å²) in [4.78, 5) is 14.8. The molecule has 0 atom stereocenters. The van der Waals surface area contributed by atoms with Crippen LogP contribution in [0.25, 0.3) is 0 Å². The number of halogens is 1. The molecule has 8 heteroatoms. The van der Waals surface area contributed by atoms with Crippen molar-refractivity contribution >= 4 is 40.8 Å². The minimum atomic E-state index is -0.422. The van der Waals surface area contributed by atoms with Gasteiger partial charge in [-0.25, -0.2) is 4.98 Å². The predicted octanol–water partition coefficient (Wildman–Crippen LogP) is 2.92. The number of thiophene rings is 1. The van der Waals surface area contributed by atoms with E-state index in [1.807, 2.05) is 6.07 Å². The van der Waals surface area contributed by atoms with E-state index in [4.69, 9.17) is 0 Å². The molecule has 0 aliphatic carbocycles. The first-order chi connectivity index (χ1) is 8.25. The normalized spacial score (nSPS) is 10.0. The first kappa shape index (κ1) is 14.1. The first-order valence-corrected chi connectivity index (χ1v) is 5.52. The lowest BCUT2D eigenvalue weighted by Gasteiger charge is -1.95. The number of rotatable bonds is 4. The molecule has 0 amide bonds. The lowest BCUT2D eigenvalue weighted by Crippen LogP contribution is -1.91. The molecule has 0 saturated carbocycles. The van der Waals surface area contributed by atoms with Crippen molar-refractivity contribution in [1.82, 2.24) is 4.98 Å². The number of anilines is 1. The molecule has 0 aliphatic heterocycles. The second-order valence-electron chi connectivity index (χ2n) is 3.02. The van der Waals surface area contributed by atoms with E-state index in [1.54, 1.807) is 24.4 Å². The van der Waals surface area contributed by atoms with E-state index in [2.05, 4.69) is 15.5 Å². The fraction of sp³-hybridized carbons (Fsp3) is 0. The summed E-state index contributed by atoms with van der Waals surface area (Å²) in [6, 6.07) is 8.51. The SMILES string of the molecule is Cl.O=[N+]([O-])c1ccc(/C=N\Nc2ccccn2)s1. The summed E-state index contributed by atoms with van der Waals surface area (Å²) in [5.41, 5.74) is 2.73. The quantitative estimate of drug-likeness (QED) is 0.532. The van der Waals surface area contributed by atoms with Gasteiger partial charge in [-0.1, -0.05) is 17.4 Å². The number of hydrogen-bond donors (Lipinski definition) is 1. The molecule has 0 saturated heterocycles. The molecule has 2 rings (SSSR count). The molecule has 0 radical (unpaired) electrons. The number of aromatic nitrogens is 1. The van der Waals surface area contributed by atoms with E-state index in [-0.39, 0.29) is 17.4 Å². The Labute approximate surface area is 113 Å². The Morgan fingerprint density at radius 1 is 1.39 bits per heavy atom. The fourth-order valence-electron chi connectivity index (χ4n) is 1.10. The topological polar surface area (TPSA) is 80.4 Å². The summed E-state index contributed by atoms with van der Waals surface area (Å²) < 4.78 is 0. The number of pyridine rings is 1. The maximum Gasteiger partial charge on any atom is 0.324 e. The summed E-state index contributed by atoms with van der Waals surface area (Å²) in [5.74, 6) is 0.620. The van der Waals surface area contributed by atoms with Gasteiger partial charge >= 0.3 is 5.00 Å². The van der Waals surface area contributed by atoms with Crippen LogP contribution in [0.5, 0.6) is 0 Å². The van der Waals surface area contributed by atoms with Crippen LogP contribution in [0.1, 0.15) is 4.88 Å². The minimum Gasteiger partial charge on any atom is -0.261 e. The molecule has 0 aromatic carbocycles. The summed E-state index contributed by atoms with van der Waals surface area (Å²) in [6.45, 7) is 0. The van der Waals surface area contributed by atoms with Crippen molar-refractivity contribution in [2.75, 3.05) is 5.43 Å². The van der Waals surface area contributed by atoms with Crippen molar-refractivity contribution in [2.45, 2.75) is 0 Å². The van der Waals surface area contributed by atoms with E-state index in [9.17, 15) is 10.1 Å². The van der Waals surface area contributed by atoms with Gasteiger partial charge in [0.2, 0.25) is 0 Å². The zero-order valence-corrected chi connectivity index (χ0v) is 10.6. The molecule has 6 nitrogen and oxygen atoms in total. The van der Waals surface area contributed by atoms with Crippen LogP contribution in [-0.2, 0) is 0 Å². The van der Waals surface area contributed by atoms with Crippen molar-refractivity contribution < 1.29 is 4.92 Å². The van der Waals surface area contributed by atoms with Gasteiger partial charge in [-0.05, 0) is 18.2 Å². The molecular formula is C10H9ClN4O2S. The van der Waals surface area contributed by atoms with Crippen molar-refractivity contribution in [1.29, 1.82) is 0 Å². The van der Waals surface area contributed by atoms with E-state index in [0.717, 1.165) is 11.3 Å². The van der Waals surface area contributed by atoms with Crippen molar-refractivity contribution in [2.24, 2.45) is 5.10 Å². The number of nitrogens with one attached hydrogen (secondary N) is 1. The summed E-state index contributed by atoms with van der Waals surface area (Å²) >= 11 is 1.07. The highest BCUT2D eigenvalue weighted by atomic mass is 35.5. The molecule has 0 unspecified atom stereocenters. The second-order valence-corrected chi connectivity index (χ2v) is 4.11. The molecule has 2 aromatic rings. The molecular weight excluding hydrogens is 276 g/mol. The smallest absolute Gasteiger partial charge is 0.261 e. The Kier molecular flexibility index (Phi) is 5.22. The van der Waals surface area contributed by atoms with Gasteiger partial charge in [-0.15, -0.1) is 12.4 Å². The average Bonchev–Trinajstić information content (AvgIpc) is 2.79. The number of nitrogens with zero attached hydrogens (tertiary/aromatic N) is 3. The third-order valence-corrected chi connectivity index (χ3v) is 2.80. The second kappa shape index (κ2) is 6.67. The van der Waals surface area contributed by atoms with Gasteiger partial charge in [0.05, 0.1) is 16.0 Å². The Morgan fingerprint density at radius 3 is 2.83 bits per heavy atom. The average molecular weight is 285 g/mol. The lowest BCUT2D eigenvalue weighted by atomic mass is 10.5. The Bertz CT molecular complexity index is 544. The fourth-order valence-corrected chi connectivity index (χ4v) is 1.79. The van der Waals surface area contributed by atoms with Gasteiger partial charge in [-0.2, -0.15) is 5.10 Å². The first-order valence-electron chi connectivity index (χ1n) is 4.70. The Morgan fingerprint density at radius 2 is 2.22 bits per heavy atom. The van der Waals surface area contributed by atoms with Crippen LogP contribution in [0.2, 0.25) is 0 Å². The molecule has 0 spiro atoms. The molecule has 18 heavy (non-hydrogen) atoms. The molecule has 94 valence electrons. The standard InChI is InChI=1S/C10H8N4O2S.ClH/c15-14(16)10-5-4-8(17-10)7-12-13-9-3-1-2-6-11-9;/h1-7H,(H,11,13);1H/b12-7-;. The van der Waals surface area contributed by atoms with E-state index in [1.165, 1.54) is 12.3 Å². The third-order valence-electron chi connectivity index (χ3n) is 1.83. The van der Waals surface area contributed by atoms with Crippen LogP contribution in [-0.4, -0.2) is 16.1 Å². The van der Waals surface area contributed by atoms with E-state index >= 15 is 0 Å². The van der Waals surface area contributed by atoms with Gasteiger partial charge in [0.25, 0.3) is 0 Å². The van der Waals surface area contributed by atoms with Crippen LogP contribution in [0.4, 0.5) is 10.8 Å². The molecule has 0 bridgehead atoms. The predicted molar refractivity (Wildman–Crippen MR) is 73.7 cm³/mol. The highest BCUT2D eigenvalue weighted by Crippen LogP contribution is 2.22. The molecule has 2 heterocycles. The third kappa shape index (κ3) is 3.79.